The van der Waals surface area contributed by atoms with Crippen LogP contribution in [0.5, 0.6) is 0 Å². The van der Waals surface area contributed by atoms with Crippen molar-refractivity contribution in [2.75, 3.05) is 6.54 Å². The third-order valence-electron chi connectivity index (χ3n) is 4.52. The summed E-state index contributed by atoms with van der Waals surface area (Å²) in [4.78, 5) is 28.5. The molecule has 0 unspecified atom stereocenters. The molecule has 1 amide bonds. The molecule has 2 aromatic heterocycles. The number of rotatable bonds is 6. The molecule has 1 saturated carbocycles. The molecule has 7 heteroatoms. The standard InChI is InChI=1S/C18H22BrN3O2S/c19-14-6-7-18(24)22(10-14)11-16(23)20-9-8-17-21-15(12-25-17)13-4-2-1-3-5-13/h6-7,10,12-13H,1-5,8-9,11H2,(H,20,23). The molecule has 25 heavy (non-hydrogen) atoms. The Morgan fingerprint density at radius 2 is 2.12 bits per heavy atom. The van der Waals surface area contributed by atoms with E-state index in [0.717, 1.165) is 15.9 Å². The Balaban J connectivity index is 1.46. The zero-order chi connectivity index (χ0) is 17.6. The molecule has 0 radical (unpaired) electrons. The minimum Gasteiger partial charge on any atom is -0.354 e. The number of nitrogens with one attached hydrogen (secondary N) is 1. The molecule has 0 spiro atoms. The van der Waals surface area contributed by atoms with Gasteiger partial charge in [0.25, 0.3) is 5.56 Å². The van der Waals surface area contributed by atoms with Crippen molar-refractivity contribution in [1.82, 2.24) is 14.9 Å². The average molecular weight is 424 g/mol. The summed E-state index contributed by atoms with van der Waals surface area (Å²) in [5.41, 5.74) is 1.04. The number of aromatic nitrogens is 2. The fourth-order valence-corrected chi connectivity index (χ4v) is 4.43. The minimum absolute atomic E-state index is 0.0312. The number of nitrogens with zero attached hydrogens (tertiary/aromatic N) is 2. The van der Waals surface area contributed by atoms with Crippen LogP contribution in [0.2, 0.25) is 0 Å². The first kappa shape index (κ1) is 18.3. The highest BCUT2D eigenvalue weighted by atomic mass is 79.9. The number of halogens is 1. The van der Waals surface area contributed by atoms with Gasteiger partial charge in [0.1, 0.15) is 6.54 Å². The fourth-order valence-electron chi connectivity index (χ4n) is 3.17. The number of carbonyl (C=O) groups excluding carboxylic acids is 1. The second kappa shape index (κ2) is 8.76. The summed E-state index contributed by atoms with van der Waals surface area (Å²) < 4.78 is 2.17. The second-order valence-corrected chi connectivity index (χ2v) is 8.27. The number of carbonyl (C=O) groups is 1. The molecule has 1 aliphatic carbocycles. The van der Waals surface area contributed by atoms with Crippen LogP contribution in [0.1, 0.15) is 48.7 Å². The van der Waals surface area contributed by atoms with Gasteiger partial charge in [-0.25, -0.2) is 4.98 Å². The largest absolute Gasteiger partial charge is 0.354 e. The predicted molar refractivity (Wildman–Crippen MR) is 103 cm³/mol. The van der Waals surface area contributed by atoms with Crippen LogP contribution in [0.25, 0.3) is 0 Å². The summed E-state index contributed by atoms with van der Waals surface area (Å²) in [6.45, 7) is 0.572. The van der Waals surface area contributed by atoms with Crippen LogP contribution in [0.4, 0.5) is 0 Å². The average Bonchev–Trinajstić information content (AvgIpc) is 3.08. The minimum atomic E-state index is -0.185. The summed E-state index contributed by atoms with van der Waals surface area (Å²) in [6.07, 6.45) is 8.82. The van der Waals surface area contributed by atoms with Gasteiger partial charge in [-0.1, -0.05) is 19.3 Å². The highest BCUT2D eigenvalue weighted by molar-refractivity contribution is 9.10. The second-order valence-electron chi connectivity index (χ2n) is 6.41. The van der Waals surface area contributed by atoms with Gasteiger partial charge in [0.2, 0.25) is 5.91 Å². The van der Waals surface area contributed by atoms with E-state index in [0.29, 0.717) is 12.5 Å². The van der Waals surface area contributed by atoms with Crippen molar-refractivity contribution < 1.29 is 4.79 Å². The summed E-state index contributed by atoms with van der Waals surface area (Å²) in [5, 5.41) is 6.11. The lowest BCUT2D eigenvalue weighted by Gasteiger charge is -2.19. The number of pyridine rings is 1. The molecule has 0 aromatic carbocycles. The van der Waals surface area contributed by atoms with Gasteiger partial charge in [-0.2, -0.15) is 0 Å². The van der Waals surface area contributed by atoms with Gasteiger partial charge in [-0.05, 0) is 34.8 Å². The maximum Gasteiger partial charge on any atom is 0.251 e. The Hall–Kier alpha value is -1.47. The normalized spacial score (nSPS) is 15.2. The summed E-state index contributed by atoms with van der Waals surface area (Å²) in [5.74, 6) is 0.459. The van der Waals surface area contributed by atoms with Gasteiger partial charge >= 0.3 is 0 Å². The van der Waals surface area contributed by atoms with Crippen molar-refractivity contribution >= 4 is 33.2 Å². The van der Waals surface area contributed by atoms with E-state index in [9.17, 15) is 9.59 Å². The lowest BCUT2D eigenvalue weighted by Crippen LogP contribution is -2.33. The molecule has 1 aliphatic rings. The highest BCUT2D eigenvalue weighted by Crippen LogP contribution is 2.33. The molecule has 2 heterocycles. The highest BCUT2D eigenvalue weighted by Gasteiger charge is 2.18. The smallest absolute Gasteiger partial charge is 0.251 e. The van der Waals surface area contributed by atoms with E-state index in [1.807, 2.05) is 0 Å². The van der Waals surface area contributed by atoms with E-state index in [2.05, 4.69) is 26.6 Å². The van der Waals surface area contributed by atoms with Crippen LogP contribution >= 0.6 is 27.3 Å². The molecular formula is C18H22BrN3O2S. The van der Waals surface area contributed by atoms with Gasteiger partial charge in [0.05, 0.1) is 10.7 Å². The van der Waals surface area contributed by atoms with Gasteiger partial charge < -0.3 is 9.88 Å². The maximum absolute atomic E-state index is 12.0. The predicted octanol–water partition coefficient (Wildman–Crippen LogP) is 3.47. The first-order valence-corrected chi connectivity index (χ1v) is 10.4. The number of thiazole rings is 1. The van der Waals surface area contributed by atoms with Crippen LogP contribution in [0, 0.1) is 0 Å². The Morgan fingerprint density at radius 1 is 1.32 bits per heavy atom. The topological polar surface area (TPSA) is 64.0 Å². The fraction of sp³-hybridized carbons (Fsp3) is 0.500. The SMILES string of the molecule is O=C(Cn1cc(Br)ccc1=O)NCCc1nc(C2CCCCC2)cs1. The van der Waals surface area contributed by atoms with Crippen LogP contribution in [0.3, 0.4) is 0 Å². The van der Waals surface area contributed by atoms with Crippen molar-refractivity contribution in [3.8, 4) is 0 Å². The molecule has 0 saturated heterocycles. The zero-order valence-corrected chi connectivity index (χ0v) is 16.4. The van der Waals surface area contributed by atoms with E-state index in [1.165, 1.54) is 48.4 Å². The van der Waals surface area contributed by atoms with Gasteiger partial charge in [-0.15, -0.1) is 11.3 Å². The van der Waals surface area contributed by atoms with Crippen LogP contribution in [0.15, 0.2) is 33.0 Å². The number of hydrogen-bond acceptors (Lipinski definition) is 4. The van der Waals surface area contributed by atoms with Crippen molar-refractivity contribution in [3.63, 3.8) is 0 Å². The maximum atomic E-state index is 12.0. The van der Waals surface area contributed by atoms with Crippen LogP contribution in [-0.2, 0) is 17.8 Å². The van der Waals surface area contributed by atoms with Crippen molar-refractivity contribution in [2.24, 2.45) is 0 Å². The lowest BCUT2D eigenvalue weighted by molar-refractivity contribution is -0.121. The first-order chi connectivity index (χ1) is 12.1. The molecular weight excluding hydrogens is 402 g/mol. The Kier molecular flexibility index (Phi) is 6.42. The summed E-state index contributed by atoms with van der Waals surface area (Å²) >= 11 is 4.99. The van der Waals surface area contributed by atoms with E-state index in [-0.39, 0.29) is 18.0 Å². The van der Waals surface area contributed by atoms with Crippen molar-refractivity contribution in [3.05, 3.63) is 49.2 Å². The van der Waals surface area contributed by atoms with E-state index in [4.69, 9.17) is 4.98 Å². The van der Waals surface area contributed by atoms with Gasteiger partial charge in [0.15, 0.2) is 0 Å². The van der Waals surface area contributed by atoms with E-state index >= 15 is 0 Å². The Bertz CT molecular complexity index is 781. The van der Waals surface area contributed by atoms with Crippen molar-refractivity contribution in [1.29, 1.82) is 0 Å². The van der Waals surface area contributed by atoms with Gasteiger partial charge in [0, 0.05) is 41.0 Å². The number of hydrogen-bond donors (Lipinski definition) is 1. The molecule has 1 fully saturated rings. The molecule has 0 aliphatic heterocycles. The van der Waals surface area contributed by atoms with E-state index < -0.39 is 0 Å². The Morgan fingerprint density at radius 3 is 2.92 bits per heavy atom. The molecule has 3 rings (SSSR count). The molecule has 0 bridgehead atoms. The summed E-state index contributed by atoms with van der Waals surface area (Å²) in [6, 6.07) is 3.11. The Labute approximate surface area is 159 Å². The third-order valence-corrected chi connectivity index (χ3v) is 5.91. The van der Waals surface area contributed by atoms with Gasteiger partial charge in [-0.3, -0.25) is 9.59 Å². The monoisotopic (exact) mass is 423 g/mol. The van der Waals surface area contributed by atoms with E-state index in [1.54, 1.807) is 23.6 Å². The third kappa shape index (κ3) is 5.25. The molecule has 5 nitrogen and oxygen atoms in total. The quantitative estimate of drug-likeness (QED) is 0.773. The molecule has 1 N–H and O–H groups in total. The zero-order valence-electron chi connectivity index (χ0n) is 14.0. The summed E-state index contributed by atoms with van der Waals surface area (Å²) in [7, 11) is 0. The lowest BCUT2D eigenvalue weighted by atomic mass is 9.87. The molecule has 134 valence electrons. The van der Waals surface area contributed by atoms with Crippen LogP contribution < -0.4 is 10.9 Å². The molecule has 0 atom stereocenters. The number of amides is 1. The van der Waals surface area contributed by atoms with Crippen LogP contribution in [-0.4, -0.2) is 22.0 Å². The van der Waals surface area contributed by atoms with Crippen molar-refractivity contribution in [2.45, 2.75) is 51.0 Å². The first-order valence-electron chi connectivity index (χ1n) is 8.69. The molecule has 2 aromatic rings.